The molecule has 0 aliphatic heterocycles. The Morgan fingerprint density at radius 3 is 2.55 bits per heavy atom. The monoisotopic (exact) mass is 330 g/mol. The molecule has 0 bridgehead atoms. The van der Waals surface area contributed by atoms with Crippen LogP contribution in [-0.2, 0) is 11.2 Å². The van der Waals surface area contributed by atoms with Crippen LogP contribution in [0.1, 0.15) is 17.5 Å². The molecule has 1 amide bonds. The van der Waals surface area contributed by atoms with Gasteiger partial charge in [-0.05, 0) is 18.1 Å². The van der Waals surface area contributed by atoms with Gasteiger partial charge in [-0.15, -0.1) is 0 Å². The Balaban J connectivity index is 1.79. The van der Waals surface area contributed by atoms with Crippen molar-refractivity contribution in [3.63, 3.8) is 0 Å². The van der Waals surface area contributed by atoms with E-state index >= 15 is 0 Å². The van der Waals surface area contributed by atoms with E-state index in [1.807, 2.05) is 54.6 Å². The number of hydrazone groups is 1. The zero-order valence-corrected chi connectivity index (χ0v) is 12.5. The molecular weight excluding hydrogens is 316 g/mol. The van der Waals surface area contributed by atoms with Gasteiger partial charge < -0.3 is 0 Å². The number of carbonyl (C=O) groups excluding carboxylic acids is 1. The number of rotatable bonds is 5. The topological polar surface area (TPSA) is 41.5 Å². The van der Waals surface area contributed by atoms with E-state index in [0.717, 1.165) is 22.0 Å². The van der Waals surface area contributed by atoms with Crippen molar-refractivity contribution in [2.75, 3.05) is 0 Å². The van der Waals surface area contributed by atoms with Gasteiger partial charge in [0, 0.05) is 16.5 Å². The molecule has 2 aromatic rings. The first-order valence-corrected chi connectivity index (χ1v) is 7.15. The first-order valence-electron chi connectivity index (χ1n) is 6.36. The molecule has 20 heavy (non-hydrogen) atoms. The number of hydrogen-bond donors (Lipinski definition) is 1. The van der Waals surface area contributed by atoms with Crippen molar-refractivity contribution >= 4 is 28.1 Å². The van der Waals surface area contributed by atoms with E-state index in [0.29, 0.717) is 6.42 Å². The predicted molar refractivity (Wildman–Crippen MR) is 84.6 cm³/mol. The third-order valence-corrected chi connectivity index (χ3v) is 3.50. The fraction of sp³-hybridized carbons (Fsp3) is 0.125. The van der Waals surface area contributed by atoms with Gasteiger partial charge in [0.05, 0.1) is 6.21 Å². The van der Waals surface area contributed by atoms with E-state index in [2.05, 4.69) is 26.5 Å². The Labute approximate surface area is 126 Å². The molecule has 2 aromatic carbocycles. The summed E-state index contributed by atoms with van der Waals surface area (Å²) in [6, 6.07) is 17.6. The normalized spacial score (nSPS) is 10.7. The summed E-state index contributed by atoms with van der Waals surface area (Å²) in [5.74, 6) is -0.0860. The van der Waals surface area contributed by atoms with Crippen molar-refractivity contribution in [3.8, 4) is 0 Å². The molecule has 0 aliphatic rings. The lowest BCUT2D eigenvalue weighted by atomic mass is 10.1. The van der Waals surface area contributed by atoms with E-state index < -0.39 is 0 Å². The highest BCUT2D eigenvalue weighted by Gasteiger charge is 2.00. The van der Waals surface area contributed by atoms with Crippen LogP contribution < -0.4 is 5.43 Å². The summed E-state index contributed by atoms with van der Waals surface area (Å²) >= 11 is 3.42. The Bertz CT molecular complexity index is 596. The number of amides is 1. The van der Waals surface area contributed by atoms with Crippen LogP contribution >= 0.6 is 15.9 Å². The summed E-state index contributed by atoms with van der Waals surface area (Å²) in [4.78, 5) is 11.7. The second-order valence-corrected chi connectivity index (χ2v) is 5.15. The van der Waals surface area contributed by atoms with E-state index in [1.165, 1.54) is 0 Å². The maximum atomic E-state index is 11.7. The van der Waals surface area contributed by atoms with Gasteiger partial charge in [-0.1, -0.05) is 64.5 Å². The summed E-state index contributed by atoms with van der Waals surface area (Å²) in [6.07, 6.45) is 2.78. The van der Waals surface area contributed by atoms with Crippen LogP contribution in [0.25, 0.3) is 0 Å². The highest BCUT2D eigenvalue weighted by atomic mass is 79.9. The molecule has 0 radical (unpaired) electrons. The SMILES string of the molecule is O=C(CCc1ccccc1)N/N=C\c1ccccc1Br. The molecule has 0 aliphatic carbocycles. The van der Waals surface area contributed by atoms with E-state index in [1.54, 1.807) is 6.21 Å². The van der Waals surface area contributed by atoms with E-state index in [-0.39, 0.29) is 5.91 Å². The van der Waals surface area contributed by atoms with Crippen LogP contribution in [0.4, 0.5) is 0 Å². The third-order valence-electron chi connectivity index (χ3n) is 2.78. The second kappa shape index (κ2) is 7.60. The van der Waals surface area contributed by atoms with Crippen LogP contribution in [-0.4, -0.2) is 12.1 Å². The van der Waals surface area contributed by atoms with Gasteiger partial charge in [0.25, 0.3) is 0 Å². The van der Waals surface area contributed by atoms with Crippen molar-refractivity contribution in [1.82, 2.24) is 5.43 Å². The van der Waals surface area contributed by atoms with Crippen molar-refractivity contribution < 1.29 is 4.79 Å². The minimum Gasteiger partial charge on any atom is -0.273 e. The number of carbonyl (C=O) groups is 1. The minimum absolute atomic E-state index is 0.0860. The molecule has 0 saturated heterocycles. The van der Waals surface area contributed by atoms with E-state index in [4.69, 9.17) is 0 Å². The van der Waals surface area contributed by atoms with Gasteiger partial charge in [-0.3, -0.25) is 4.79 Å². The third kappa shape index (κ3) is 4.63. The van der Waals surface area contributed by atoms with Gasteiger partial charge >= 0.3 is 0 Å². The number of nitrogens with zero attached hydrogens (tertiary/aromatic N) is 1. The summed E-state index contributed by atoms with van der Waals surface area (Å²) in [5, 5.41) is 3.96. The molecule has 1 N–H and O–H groups in total. The summed E-state index contributed by atoms with van der Waals surface area (Å²) in [7, 11) is 0. The number of hydrogen-bond acceptors (Lipinski definition) is 2. The number of halogens is 1. The Morgan fingerprint density at radius 2 is 1.80 bits per heavy atom. The first kappa shape index (κ1) is 14.5. The lowest BCUT2D eigenvalue weighted by Crippen LogP contribution is -2.17. The molecule has 0 saturated carbocycles. The zero-order valence-electron chi connectivity index (χ0n) is 10.9. The smallest absolute Gasteiger partial charge is 0.240 e. The van der Waals surface area contributed by atoms with Gasteiger partial charge in [0.2, 0.25) is 5.91 Å². The fourth-order valence-corrected chi connectivity index (χ4v) is 2.10. The Morgan fingerprint density at radius 1 is 1.10 bits per heavy atom. The van der Waals surface area contributed by atoms with Gasteiger partial charge in [0.15, 0.2) is 0 Å². The standard InChI is InChI=1S/C16H15BrN2O/c17-15-9-5-4-8-14(15)12-18-19-16(20)11-10-13-6-2-1-3-7-13/h1-9,12H,10-11H2,(H,19,20)/b18-12-. The first-order chi connectivity index (χ1) is 9.75. The molecule has 0 fully saturated rings. The van der Waals surface area contributed by atoms with Crippen molar-refractivity contribution in [1.29, 1.82) is 0 Å². The van der Waals surface area contributed by atoms with Crippen LogP contribution in [0.5, 0.6) is 0 Å². The van der Waals surface area contributed by atoms with Crippen molar-refractivity contribution in [2.45, 2.75) is 12.8 Å². The molecule has 4 heteroatoms. The van der Waals surface area contributed by atoms with Crippen LogP contribution in [0.2, 0.25) is 0 Å². The largest absolute Gasteiger partial charge is 0.273 e. The number of benzene rings is 2. The molecular formula is C16H15BrN2O. The van der Waals surface area contributed by atoms with Crippen molar-refractivity contribution in [3.05, 3.63) is 70.2 Å². The van der Waals surface area contributed by atoms with Crippen LogP contribution in [0.15, 0.2) is 64.2 Å². The maximum Gasteiger partial charge on any atom is 0.240 e. The fourth-order valence-electron chi connectivity index (χ4n) is 1.71. The quantitative estimate of drug-likeness (QED) is 0.661. The number of aryl methyl sites for hydroxylation is 1. The Hall–Kier alpha value is -1.94. The van der Waals surface area contributed by atoms with Gasteiger partial charge in [-0.2, -0.15) is 5.10 Å². The van der Waals surface area contributed by atoms with Crippen LogP contribution in [0, 0.1) is 0 Å². The Kier molecular flexibility index (Phi) is 5.50. The summed E-state index contributed by atoms with van der Waals surface area (Å²) < 4.78 is 0.947. The molecule has 0 atom stereocenters. The maximum absolute atomic E-state index is 11.7. The highest BCUT2D eigenvalue weighted by Crippen LogP contribution is 2.13. The molecule has 2 rings (SSSR count). The molecule has 0 heterocycles. The lowest BCUT2D eigenvalue weighted by molar-refractivity contribution is -0.121. The molecule has 0 aromatic heterocycles. The summed E-state index contributed by atoms with van der Waals surface area (Å²) in [6.45, 7) is 0. The van der Waals surface area contributed by atoms with Gasteiger partial charge in [-0.25, -0.2) is 5.43 Å². The predicted octanol–water partition coefficient (Wildman–Crippen LogP) is 3.53. The zero-order chi connectivity index (χ0) is 14.2. The summed E-state index contributed by atoms with van der Waals surface area (Å²) in [5.41, 5.74) is 4.62. The molecule has 102 valence electrons. The average molecular weight is 331 g/mol. The second-order valence-electron chi connectivity index (χ2n) is 4.30. The lowest BCUT2D eigenvalue weighted by Gasteiger charge is -2.01. The molecule has 3 nitrogen and oxygen atoms in total. The average Bonchev–Trinajstić information content (AvgIpc) is 2.48. The van der Waals surface area contributed by atoms with E-state index in [9.17, 15) is 4.79 Å². The molecule has 0 spiro atoms. The van der Waals surface area contributed by atoms with Crippen molar-refractivity contribution in [2.24, 2.45) is 5.10 Å². The van der Waals surface area contributed by atoms with Crippen LogP contribution in [0.3, 0.4) is 0 Å². The minimum atomic E-state index is -0.0860. The highest BCUT2D eigenvalue weighted by molar-refractivity contribution is 9.10. The van der Waals surface area contributed by atoms with Gasteiger partial charge in [0.1, 0.15) is 0 Å². The number of nitrogens with one attached hydrogen (secondary N) is 1. The molecule has 0 unspecified atom stereocenters.